The van der Waals surface area contributed by atoms with Crippen molar-refractivity contribution in [3.8, 4) is 11.5 Å². The summed E-state index contributed by atoms with van der Waals surface area (Å²) in [6.45, 7) is 0.203. The third-order valence-corrected chi connectivity index (χ3v) is 2.08. The first kappa shape index (κ1) is 12.3. The van der Waals surface area contributed by atoms with Crippen molar-refractivity contribution in [1.29, 1.82) is 0 Å². The minimum Gasteiger partial charge on any atom is -0.504 e. The molecule has 0 saturated carbocycles. The van der Waals surface area contributed by atoms with Gasteiger partial charge in [-0.05, 0) is 6.07 Å². The third kappa shape index (κ3) is 3.11. The lowest BCUT2D eigenvalue weighted by molar-refractivity contribution is -0.125. The molecular formula is C10H14N2O4. The van der Waals surface area contributed by atoms with Gasteiger partial charge in [0.15, 0.2) is 11.5 Å². The zero-order valence-electron chi connectivity index (χ0n) is 8.55. The molecule has 1 aromatic rings. The van der Waals surface area contributed by atoms with Gasteiger partial charge in [-0.3, -0.25) is 4.79 Å². The number of aliphatic hydroxyl groups excluding tert-OH is 1. The highest BCUT2D eigenvalue weighted by Gasteiger charge is 2.10. The van der Waals surface area contributed by atoms with Gasteiger partial charge in [-0.15, -0.1) is 0 Å². The van der Waals surface area contributed by atoms with Gasteiger partial charge in [0.2, 0.25) is 5.91 Å². The predicted octanol–water partition coefficient (Wildman–Crippen LogP) is -0.966. The lowest BCUT2D eigenvalue weighted by atomic mass is 10.2. The number of nitrogens with one attached hydrogen (secondary N) is 1. The molecule has 0 fully saturated rings. The summed E-state index contributed by atoms with van der Waals surface area (Å²) >= 11 is 0. The minimum absolute atomic E-state index is 0.00949. The molecule has 88 valence electrons. The minimum atomic E-state index is -1.26. The van der Waals surface area contributed by atoms with Crippen LogP contribution in [0.2, 0.25) is 0 Å². The summed E-state index contributed by atoms with van der Waals surface area (Å²) in [4.78, 5) is 10.5. The van der Waals surface area contributed by atoms with Gasteiger partial charge in [0.05, 0.1) is 0 Å². The number of nitrogens with two attached hydrogens (primary N) is 1. The van der Waals surface area contributed by atoms with Crippen LogP contribution in [0.4, 0.5) is 0 Å². The number of carbonyl (C=O) groups excluding carboxylic acids is 1. The highest BCUT2D eigenvalue weighted by molar-refractivity contribution is 5.78. The van der Waals surface area contributed by atoms with E-state index in [4.69, 9.17) is 10.8 Å². The van der Waals surface area contributed by atoms with Gasteiger partial charge in [-0.25, -0.2) is 0 Å². The number of aliphatic hydroxyl groups is 1. The fourth-order valence-electron chi connectivity index (χ4n) is 1.16. The molecule has 0 radical (unpaired) electrons. The van der Waals surface area contributed by atoms with Crippen molar-refractivity contribution in [2.45, 2.75) is 12.6 Å². The van der Waals surface area contributed by atoms with Crippen LogP contribution < -0.4 is 11.1 Å². The van der Waals surface area contributed by atoms with Gasteiger partial charge in [-0.1, -0.05) is 12.1 Å². The number of phenolic OH excluding ortho intramolecular Hbond substituents is 2. The molecule has 0 aliphatic carbocycles. The number of hydrogen-bond acceptors (Lipinski definition) is 5. The monoisotopic (exact) mass is 226 g/mol. The van der Waals surface area contributed by atoms with Crippen LogP contribution in [-0.4, -0.2) is 33.9 Å². The lowest BCUT2D eigenvalue weighted by Gasteiger charge is -2.09. The van der Waals surface area contributed by atoms with Crippen molar-refractivity contribution in [2.75, 3.05) is 6.54 Å². The average Bonchev–Trinajstić information content (AvgIpc) is 2.24. The molecule has 6 heteroatoms. The molecule has 0 aliphatic heterocycles. The second kappa shape index (κ2) is 5.34. The van der Waals surface area contributed by atoms with Crippen LogP contribution in [0, 0.1) is 0 Å². The molecule has 1 rings (SSSR count). The van der Waals surface area contributed by atoms with E-state index in [0.29, 0.717) is 5.56 Å². The van der Waals surface area contributed by atoms with Gasteiger partial charge >= 0.3 is 0 Å². The van der Waals surface area contributed by atoms with Crippen molar-refractivity contribution >= 4 is 5.91 Å². The van der Waals surface area contributed by atoms with Crippen molar-refractivity contribution in [3.63, 3.8) is 0 Å². The summed E-state index contributed by atoms with van der Waals surface area (Å²) in [5, 5.41) is 30.4. The summed E-state index contributed by atoms with van der Waals surface area (Å²) in [7, 11) is 0. The van der Waals surface area contributed by atoms with Crippen molar-refractivity contribution < 1.29 is 20.1 Å². The van der Waals surface area contributed by atoms with Crippen LogP contribution in [0.15, 0.2) is 18.2 Å². The maximum Gasteiger partial charge on any atom is 0.247 e. The molecule has 0 heterocycles. The molecule has 1 atom stereocenters. The van der Waals surface area contributed by atoms with Gasteiger partial charge in [0.25, 0.3) is 0 Å². The quantitative estimate of drug-likeness (QED) is 0.414. The molecule has 1 amide bonds. The van der Waals surface area contributed by atoms with Crippen molar-refractivity contribution in [2.24, 2.45) is 5.73 Å². The Hall–Kier alpha value is -1.79. The van der Waals surface area contributed by atoms with Crippen LogP contribution >= 0.6 is 0 Å². The largest absolute Gasteiger partial charge is 0.504 e. The molecule has 6 nitrogen and oxygen atoms in total. The van der Waals surface area contributed by atoms with E-state index < -0.39 is 12.0 Å². The van der Waals surface area contributed by atoms with E-state index in [1.807, 2.05) is 0 Å². The van der Waals surface area contributed by atoms with Gasteiger partial charge < -0.3 is 26.4 Å². The zero-order chi connectivity index (χ0) is 12.1. The number of hydrogen-bond donors (Lipinski definition) is 5. The molecular weight excluding hydrogens is 212 g/mol. The Bertz CT molecular complexity index is 381. The highest BCUT2D eigenvalue weighted by Crippen LogP contribution is 2.27. The second-order valence-electron chi connectivity index (χ2n) is 3.33. The number of primary amides is 1. The van der Waals surface area contributed by atoms with E-state index in [9.17, 15) is 15.0 Å². The Kier molecular flexibility index (Phi) is 4.10. The van der Waals surface area contributed by atoms with Gasteiger partial charge in [0, 0.05) is 18.7 Å². The van der Waals surface area contributed by atoms with Gasteiger partial charge in [-0.2, -0.15) is 0 Å². The standard InChI is InChI=1S/C10H14N2O4/c11-10(16)8(14)5-12-4-6-2-1-3-7(13)9(6)15/h1-3,8,12-15H,4-5H2,(H2,11,16). The summed E-state index contributed by atoms with van der Waals surface area (Å²) in [5.74, 6) is -1.24. The van der Waals surface area contributed by atoms with E-state index in [-0.39, 0.29) is 24.6 Å². The number of para-hydroxylation sites is 1. The van der Waals surface area contributed by atoms with Crippen LogP contribution in [0.1, 0.15) is 5.56 Å². The molecule has 6 N–H and O–H groups in total. The van der Waals surface area contributed by atoms with Gasteiger partial charge in [0.1, 0.15) is 6.10 Å². The Labute approximate surface area is 92.3 Å². The molecule has 1 aromatic carbocycles. The maximum atomic E-state index is 10.5. The number of phenols is 2. The first-order valence-corrected chi connectivity index (χ1v) is 4.70. The fourth-order valence-corrected chi connectivity index (χ4v) is 1.16. The number of aromatic hydroxyl groups is 2. The molecule has 0 saturated heterocycles. The first-order valence-electron chi connectivity index (χ1n) is 4.70. The van der Waals surface area contributed by atoms with E-state index in [2.05, 4.69) is 5.32 Å². The van der Waals surface area contributed by atoms with Crippen LogP contribution in [-0.2, 0) is 11.3 Å². The first-order chi connectivity index (χ1) is 7.52. The van der Waals surface area contributed by atoms with Crippen LogP contribution in [0.3, 0.4) is 0 Å². The summed E-state index contributed by atoms with van der Waals surface area (Å²) in [5.41, 5.74) is 5.32. The molecule has 0 aliphatic rings. The van der Waals surface area contributed by atoms with Crippen LogP contribution in [0.5, 0.6) is 11.5 Å². The van der Waals surface area contributed by atoms with E-state index >= 15 is 0 Å². The molecule has 0 bridgehead atoms. The molecule has 16 heavy (non-hydrogen) atoms. The fraction of sp³-hybridized carbons (Fsp3) is 0.300. The number of carbonyl (C=O) groups is 1. The molecule has 0 spiro atoms. The Morgan fingerprint density at radius 2 is 2.12 bits per heavy atom. The maximum absolute atomic E-state index is 10.5. The summed E-state index contributed by atoms with van der Waals surface area (Å²) < 4.78 is 0. The zero-order valence-corrected chi connectivity index (χ0v) is 8.55. The number of rotatable bonds is 5. The Morgan fingerprint density at radius 1 is 1.44 bits per heavy atom. The Balaban J connectivity index is 2.49. The SMILES string of the molecule is NC(=O)C(O)CNCc1cccc(O)c1O. The summed E-state index contributed by atoms with van der Waals surface area (Å²) in [6, 6.07) is 4.55. The topological polar surface area (TPSA) is 116 Å². The summed E-state index contributed by atoms with van der Waals surface area (Å²) in [6.07, 6.45) is -1.26. The molecule has 0 aromatic heterocycles. The van der Waals surface area contributed by atoms with E-state index in [1.165, 1.54) is 6.07 Å². The highest BCUT2D eigenvalue weighted by atomic mass is 16.3. The normalized spacial score (nSPS) is 12.3. The third-order valence-electron chi connectivity index (χ3n) is 2.08. The number of benzene rings is 1. The van der Waals surface area contributed by atoms with Crippen molar-refractivity contribution in [1.82, 2.24) is 5.32 Å². The lowest BCUT2D eigenvalue weighted by Crippen LogP contribution is -2.37. The van der Waals surface area contributed by atoms with E-state index in [1.54, 1.807) is 12.1 Å². The Morgan fingerprint density at radius 3 is 2.75 bits per heavy atom. The van der Waals surface area contributed by atoms with Crippen molar-refractivity contribution in [3.05, 3.63) is 23.8 Å². The smallest absolute Gasteiger partial charge is 0.247 e. The second-order valence-corrected chi connectivity index (χ2v) is 3.33. The van der Waals surface area contributed by atoms with E-state index in [0.717, 1.165) is 0 Å². The predicted molar refractivity (Wildman–Crippen MR) is 56.7 cm³/mol. The number of amides is 1. The molecule has 1 unspecified atom stereocenters. The van der Waals surface area contributed by atoms with Crippen LogP contribution in [0.25, 0.3) is 0 Å². The average molecular weight is 226 g/mol.